The molecule has 0 amide bonds. The third kappa shape index (κ3) is 3.84. The third-order valence-electron chi connectivity index (χ3n) is 0.339. The molecule has 4 heteroatoms. The summed E-state index contributed by atoms with van der Waals surface area (Å²) in [6.07, 6.45) is 0. The van der Waals surface area contributed by atoms with Crippen molar-refractivity contribution in [1.82, 2.24) is 11.0 Å². The molecule has 0 fully saturated rings. The van der Waals surface area contributed by atoms with E-state index in [2.05, 4.69) is 11.0 Å². The first kappa shape index (κ1) is 5.84. The fourth-order valence-corrected chi connectivity index (χ4v) is 0.128. The molecule has 0 aliphatic heterocycles. The minimum absolute atomic E-state index is 0.101. The molecule has 0 rings (SSSR count). The van der Waals surface area contributed by atoms with Gasteiger partial charge in [-0.05, 0) is 0 Å². The molecule has 6 heavy (non-hydrogen) atoms. The van der Waals surface area contributed by atoms with E-state index < -0.39 is 0 Å². The van der Waals surface area contributed by atoms with Gasteiger partial charge >= 0.3 is 0 Å². The van der Waals surface area contributed by atoms with Crippen LogP contribution in [0.15, 0.2) is 0 Å². The van der Waals surface area contributed by atoms with E-state index in [9.17, 15) is 0 Å². The monoisotopic (exact) mass is 91.1 g/mol. The first-order chi connectivity index (χ1) is 2.91. The molecule has 0 saturated carbocycles. The Morgan fingerprint density at radius 2 is 2.33 bits per heavy atom. The largest absolute Gasteiger partial charge is 0.395 e. The predicted octanol–water partition coefficient (Wildman–Crippen LogP) is -2.05. The van der Waals surface area contributed by atoms with Crippen LogP contribution in [0, 0.1) is 0 Å². The van der Waals surface area contributed by atoms with Gasteiger partial charge in [0.1, 0.15) is 0 Å². The van der Waals surface area contributed by atoms with Gasteiger partial charge in [-0.1, -0.05) is 0 Å². The Bertz CT molecular complexity index is 20.8. The Balaban J connectivity index is 2.34. The molecule has 0 heterocycles. The maximum Gasteiger partial charge on any atom is 0.0570 e. The van der Waals surface area contributed by atoms with Crippen LogP contribution in [-0.4, -0.2) is 18.3 Å². The molecule has 0 radical (unpaired) electrons. The number of hydrogen-bond donors (Lipinski definition) is 4. The van der Waals surface area contributed by atoms with Gasteiger partial charge in [0.15, 0.2) is 0 Å². The Labute approximate surface area is 36.3 Å². The molecule has 5 N–H and O–H groups in total. The number of rotatable bonds is 3. The molecule has 4 nitrogen and oxygen atoms in total. The number of aliphatic hydroxyl groups excluding tert-OH is 1. The molecule has 0 atom stereocenters. The van der Waals surface area contributed by atoms with Crippen LogP contribution in [0.4, 0.5) is 0 Å². The van der Waals surface area contributed by atoms with Crippen LogP contribution in [0.3, 0.4) is 0 Å². The zero-order chi connectivity index (χ0) is 4.83. The topological polar surface area (TPSA) is 70.3 Å². The second kappa shape index (κ2) is 4.84. The summed E-state index contributed by atoms with van der Waals surface area (Å²) in [5, 5.41) is 8.04. The summed E-state index contributed by atoms with van der Waals surface area (Å²) in [5.41, 5.74) is 4.63. The zero-order valence-corrected chi connectivity index (χ0v) is 3.44. The lowest BCUT2D eigenvalue weighted by molar-refractivity contribution is 0.284. The molecule has 0 aromatic carbocycles. The van der Waals surface area contributed by atoms with E-state index in [1.54, 1.807) is 0 Å². The van der Waals surface area contributed by atoms with Crippen LogP contribution in [0.25, 0.3) is 0 Å². The average Bonchev–Trinajstić information content (AvgIpc) is 1.61. The molecule has 0 aliphatic carbocycles. The molecule has 0 aromatic heterocycles. The van der Waals surface area contributed by atoms with Gasteiger partial charge in [0.2, 0.25) is 0 Å². The average molecular weight is 91.1 g/mol. The third-order valence-corrected chi connectivity index (χ3v) is 0.339. The molecular weight excluding hydrogens is 82.0 g/mol. The van der Waals surface area contributed by atoms with Crippen molar-refractivity contribution in [3.8, 4) is 0 Å². The van der Waals surface area contributed by atoms with Crippen LogP contribution in [0.2, 0.25) is 0 Å². The van der Waals surface area contributed by atoms with E-state index >= 15 is 0 Å². The Kier molecular flexibility index (Phi) is 4.71. The van der Waals surface area contributed by atoms with Gasteiger partial charge in [0.25, 0.3) is 0 Å². The summed E-state index contributed by atoms with van der Waals surface area (Å²) < 4.78 is 0. The van der Waals surface area contributed by atoms with Gasteiger partial charge in [-0.2, -0.15) is 5.53 Å². The van der Waals surface area contributed by atoms with E-state index in [0.717, 1.165) is 0 Å². The normalized spacial score (nSPS) is 9.00. The summed E-state index contributed by atoms with van der Waals surface area (Å²) in [6, 6.07) is 0. The highest BCUT2D eigenvalue weighted by atomic mass is 16.3. The van der Waals surface area contributed by atoms with Gasteiger partial charge in [-0.15, -0.1) is 0 Å². The van der Waals surface area contributed by atoms with Crippen molar-refractivity contribution in [2.24, 2.45) is 5.84 Å². The smallest absolute Gasteiger partial charge is 0.0570 e. The van der Waals surface area contributed by atoms with Crippen molar-refractivity contribution in [2.75, 3.05) is 13.2 Å². The van der Waals surface area contributed by atoms with E-state index in [1.807, 2.05) is 0 Å². The van der Waals surface area contributed by atoms with Crippen molar-refractivity contribution in [1.29, 1.82) is 0 Å². The number of hydrazine groups is 2. The van der Waals surface area contributed by atoms with Gasteiger partial charge in [0.05, 0.1) is 6.61 Å². The number of aliphatic hydroxyl groups is 1. The second-order valence-corrected chi connectivity index (χ2v) is 0.795. The summed E-state index contributed by atoms with van der Waals surface area (Å²) in [5.74, 6) is 4.74. The molecule has 38 valence electrons. The lowest BCUT2D eigenvalue weighted by Crippen LogP contribution is -2.39. The Hall–Kier alpha value is -0.160. The van der Waals surface area contributed by atoms with E-state index in [1.165, 1.54) is 0 Å². The van der Waals surface area contributed by atoms with Gasteiger partial charge in [0, 0.05) is 6.54 Å². The van der Waals surface area contributed by atoms with Crippen LogP contribution in [-0.2, 0) is 0 Å². The van der Waals surface area contributed by atoms with Gasteiger partial charge in [-0.25, -0.2) is 5.43 Å². The minimum atomic E-state index is 0.101. The first-order valence-corrected chi connectivity index (χ1v) is 1.71. The molecule has 0 spiro atoms. The SMILES string of the molecule is NNNCCO. The molecule has 0 aliphatic rings. The maximum atomic E-state index is 8.04. The van der Waals surface area contributed by atoms with Crippen molar-refractivity contribution in [3.05, 3.63) is 0 Å². The molecule has 0 unspecified atom stereocenters. The molecule has 0 bridgehead atoms. The van der Waals surface area contributed by atoms with Crippen molar-refractivity contribution < 1.29 is 5.11 Å². The maximum absolute atomic E-state index is 8.04. The highest BCUT2D eigenvalue weighted by Crippen LogP contribution is 1.42. The molecular formula is C2H9N3O. The van der Waals surface area contributed by atoms with Crippen molar-refractivity contribution in [2.45, 2.75) is 0 Å². The van der Waals surface area contributed by atoms with Crippen LogP contribution < -0.4 is 16.8 Å². The van der Waals surface area contributed by atoms with Gasteiger partial charge < -0.3 is 5.11 Å². The Morgan fingerprint density at radius 1 is 1.67 bits per heavy atom. The molecule has 0 aromatic rings. The Morgan fingerprint density at radius 3 is 2.50 bits per heavy atom. The van der Waals surface area contributed by atoms with Crippen molar-refractivity contribution in [3.63, 3.8) is 0 Å². The molecule has 0 saturated heterocycles. The van der Waals surface area contributed by atoms with E-state index in [4.69, 9.17) is 10.9 Å². The summed E-state index contributed by atoms with van der Waals surface area (Å²) in [7, 11) is 0. The van der Waals surface area contributed by atoms with Crippen LogP contribution in [0.5, 0.6) is 0 Å². The lowest BCUT2D eigenvalue weighted by Gasteiger charge is -1.93. The van der Waals surface area contributed by atoms with Crippen molar-refractivity contribution >= 4 is 0 Å². The second-order valence-electron chi connectivity index (χ2n) is 0.795. The first-order valence-electron chi connectivity index (χ1n) is 1.71. The summed E-state index contributed by atoms with van der Waals surface area (Å²) >= 11 is 0. The summed E-state index contributed by atoms with van der Waals surface area (Å²) in [4.78, 5) is 0. The lowest BCUT2D eigenvalue weighted by atomic mass is 10.7. The van der Waals surface area contributed by atoms with Crippen LogP contribution >= 0.6 is 0 Å². The van der Waals surface area contributed by atoms with Crippen LogP contribution in [0.1, 0.15) is 0 Å². The highest BCUT2D eigenvalue weighted by Gasteiger charge is 1.71. The quantitative estimate of drug-likeness (QED) is 0.183. The number of nitrogens with one attached hydrogen (secondary N) is 2. The highest BCUT2D eigenvalue weighted by molar-refractivity contribution is 4.26. The fraction of sp³-hybridized carbons (Fsp3) is 1.00. The van der Waals surface area contributed by atoms with E-state index in [-0.39, 0.29) is 6.61 Å². The summed E-state index contributed by atoms with van der Waals surface area (Å²) in [6.45, 7) is 0.584. The fourth-order valence-electron chi connectivity index (χ4n) is 0.128. The van der Waals surface area contributed by atoms with E-state index in [0.29, 0.717) is 6.54 Å². The zero-order valence-electron chi connectivity index (χ0n) is 3.44. The standard InChI is InChI=1S/C2H9N3O/c3-5-4-1-2-6/h4-6H,1-3H2. The minimum Gasteiger partial charge on any atom is -0.395 e. The predicted molar refractivity (Wildman–Crippen MR) is 22.4 cm³/mol. The number of hydrogen-bond acceptors (Lipinski definition) is 4. The number of nitrogens with two attached hydrogens (primary N) is 1. The van der Waals surface area contributed by atoms with Gasteiger partial charge in [-0.3, -0.25) is 5.84 Å².